The van der Waals surface area contributed by atoms with Crippen LogP contribution in [-0.4, -0.2) is 54.0 Å². The predicted octanol–water partition coefficient (Wildman–Crippen LogP) is 3.89. The van der Waals surface area contributed by atoms with Crippen LogP contribution in [0.4, 0.5) is 0 Å². The number of rotatable bonds is 3. The molecule has 31 heavy (non-hydrogen) atoms. The Kier molecular flexibility index (Phi) is 5.90. The summed E-state index contributed by atoms with van der Waals surface area (Å²) in [5.41, 5.74) is 1.21. The number of para-hydroxylation sites is 2. The van der Waals surface area contributed by atoms with Gasteiger partial charge in [-0.05, 0) is 43.9 Å². The van der Waals surface area contributed by atoms with Crippen molar-refractivity contribution < 1.29 is 19.1 Å². The van der Waals surface area contributed by atoms with Crippen LogP contribution in [0.3, 0.4) is 0 Å². The molecule has 1 aliphatic heterocycles. The Morgan fingerprint density at radius 1 is 1.10 bits per heavy atom. The molecule has 2 aliphatic rings. The van der Waals surface area contributed by atoms with Crippen LogP contribution < -0.4 is 9.47 Å². The van der Waals surface area contributed by atoms with E-state index in [4.69, 9.17) is 9.47 Å². The van der Waals surface area contributed by atoms with Gasteiger partial charge in [-0.25, -0.2) is 0 Å². The molecular weight excluding hydrogens is 392 g/mol. The maximum absolute atomic E-state index is 13.1. The maximum atomic E-state index is 13.1. The van der Waals surface area contributed by atoms with Crippen molar-refractivity contribution in [2.75, 3.05) is 20.7 Å². The van der Waals surface area contributed by atoms with E-state index in [1.807, 2.05) is 59.3 Å². The smallest absolute Gasteiger partial charge is 0.257 e. The second kappa shape index (κ2) is 8.61. The minimum atomic E-state index is -0.414. The molecule has 1 fully saturated rings. The lowest BCUT2D eigenvalue weighted by Gasteiger charge is -2.43. The molecule has 1 spiro atoms. The fourth-order valence-corrected chi connectivity index (χ4v) is 4.78. The molecule has 4 rings (SSSR count). The van der Waals surface area contributed by atoms with Crippen molar-refractivity contribution in [3.63, 3.8) is 0 Å². The normalized spacial score (nSPS) is 22.8. The van der Waals surface area contributed by atoms with E-state index in [-0.39, 0.29) is 17.9 Å². The number of benzene rings is 2. The van der Waals surface area contributed by atoms with E-state index >= 15 is 0 Å². The molecule has 0 bridgehead atoms. The van der Waals surface area contributed by atoms with Gasteiger partial charge < -0.3 is 19.3 Å². The van der Waals surface area contributed by atoms with Crippen LogP contribution in [0.25, 0.3) is 0 Å². The first-order chi connectivity index (χ1) is 14.9. The Hall–Kier alpha value is -3.02. The fourth-order valence-electron chi connectivity index (χ4n) is 4.78. The van der Waals surface area contributed by atoms with Gasteiger partial charge in [0, 0.05) is 32.1 Å². The minimum Gasteiger partial charge on any atom is -0.496 e. The van der Waals surface area contributed by atoms with Crippen LogP contribution in [0.5, 0.6) is 11.5 Å². The van der Waals surface area contributed by atoms with Crippen LogP contribution in [0.1, 0.15) is 48.5 Å². The number of carbonyl (C=O) groups is 2. The maximum Gasteiger partial charge on any atom is 0.257 e. The molecule has 1 aliphatic carbocycles. The Morgan fingerprint density at radius 2 is 1.77 bits per heavy atom. The van der Waals surface area contributed by atoms with Crippen molar-refractivity contribution in [2.45, 2.75) is 50.8 Å². The van der Waals surface area contributed by atoms with Crippen LogP contribution in [0.15, 0.2) is 48.5 Å². The third-order valence-electron chi connectivity index (χ3n) is 6.66. The number of nitrogens with zero attached hydrogens (tertiary/aromatic N) is 2. The SMILES string of the molecule is COc1ccccc1C(=O)N(C)C1CCC2(CC1)CN(C(C)=O)Cc1ccccc1O2. The minimum absolute atomic E-state index is 0.0316. The zero-order valence-electron chi connectivity index (χ0n) is 18.5. The zero-order valence-corrected chi connectivity index (χ0v) is 18.5. The quantitative estimate of drug-likeness (QED) is 0.753. The lowest BCUT2D eigenvalue weighted by molar-refractivity contribution is -0.132. The van der Waals surface area contributed by atoms with Gasteiger partial charge in [0.15, 0.2) is 0 Å². The topological polar surface area (TPSA) is 59.1 Å². The molecular formula is C25H30N2O4. The number of fused-ring (bicyclic) bond motifs is 1. The van der Waals surface area contributed by atoms with E-state index in [2.05, 4.69) is 0 Å². The molecule has 0 unspecified atom stereocenters. The lowest BCUT2D eigenvalue weighted by Crippen LogP contribution is -2.52. The summed E-state index contributed by atoms with van der Waals surface area (Å²) >= 11 is 0. The molecule has 0 saturated heterocycles. The first kappa shape index (κ1) is 21.2. The summed E-state index contributed by atoms with van der Waals surface area (Å²) in [4.78, 5) is 29.1. The summed E-state index contributed by atoms with van der Waals surface area (Å²) in [5, 5.41) is 0. The van der Waals surface area contributed by atoms with Crippen LogP contribution >= 0.6 is 0 Å². The molecule has 2 amide bonds. The Bertz CT molecular complexity index is 965. The van der Waals surface area contributed by atoms with E-state index in [1.165, 1.54) is 0 Å². The number of methoxy groups -OCH3 is 1. The predicted molar refractivity (Wildman–Crippen MR) is 118 cm³/mol. The Labute approximate surface area is 183 Å². The molecule has 2 aromatic rings. The van der Waals surface area contributed by atoms with Gasteiger partial charge in [0.2, 0.25) is 5.91 Å². The molecule has 0 N–H and O–H groups in total. The molecule has 0 atom stereocenters. The van der Waals surface area contributed by atoms with E-state index in [9.17, 15) is 9.59 Å². The van der Waals surface area contributed by atoms with Gasteiger partial charge in [-0.3, -0.25) is 9.59 Å². The van der Waals surface area contributed by atoms with E-state index in [0.29, 0.717) is 24.4 Å². The van der Waals surface area contributed by atoms with Crippen LogP contribution in [0, 0.1) is 0 Å². The summed E-state index contributed by atoms with van der Waals surface area (Å²) in [6, 6.07) is 15.4. The van der Waals surface area contributed by atoms with Crippen molar-refractivity contribution in [3.05, 3.63) is 59.7 Å². The average Bonchev–Trinajstić information content (AvgIpc) is 2.95. The average molecular weight is 423 g/mol. The van der Waals surface area contributed by atoms with Gasteiger partial charge in [0.25, 0.3) is 5.91 Å². The molecule has 0 radical (unpaired) electrons. The van der Waals surface area contributed by atoms with Gasteiger partial charge >= 0.3 is 0 Å². The summed E-state index contributed by atoms with van der Waals surface area (Å²) in [7, 11) is 3.45. The Balaban J connectivity index is 1.50. The van der Waals surface area contributed by atoms with Gasteiger partial charge in [0.05, 0.1) is 19.2 Å². The molecule has 1 saturated carbocycles. The van der Waals surface area contributed by atoms with Crippen molar-refractivity contribution in [1.82, 2.24) is 9.80 Å². The van der Waals surface area contributed by atoms with Gasteiger partial charge in [0.1, 0.15) is 17.1 Å². The van der Waals surface area contributed by atoms with E-state index in [0.717, 1.165) is 37.0 Å². The summed E-state index contributed by atoms with van der Waals surface area (Å²) in [6.45, 7) is 2.77. The van der Waals surface area contributed by atoms with Crippen molar-refractivity contribution in [2.24, 2.45) is 0 Å². The molecule has 1 heterocycles. The summed E-state index contributed by atoms with van der Waals surface area (Å²) in [5.74, 6) is 1.48. The van der Waals surface area contributed by atoms with Crippen LogP contribution in [-0.2, 0) is 11.3 Å². The standard InChI is InChI=1S/C25H30N2O4/c1-18(28)27-16-19-8-4-6-10-22(19)31-25(17-27)14-12-20(13-15-25)26(2)24(29)21-9-5-7-11-23(21)30-3/h4-11,20H,12-17H2,1-3H3. The van der Waals surface area contributed by atoms with E-state index < -0.39 is 5.60 Å². The number of hydrogen-bond donors (Lipinski definition) is 0. The van der Waals surface area contributed by atoms with Crippen molar-refractivity contribution in [3.8, 4) is 11.5 Å². The second-order valence-electron chi connectivity index (χ2n) is 8.62. The van der Waals surface area contributed by atoms with Crippen molar-refractivity contribution >= 4 is 11.8 Å². The third-order valence-corrected chi connectivity index (χ3v) is 6.66. The monoisotopic (exact) mass is 422 g/mol. The number of hydrogen-bond acceptors (Lipinski definition) is 4. The highest BCUT2D eigenvalue weighted by Crippen LogP contribution is 2.39. The fraction of sp³-hybridized carbons (Fsp3) is 0.440. The largest absolute Gasteiger partial charge is 0.496 e. The first-order valence-corrected chi connectivity index (χ1v) is 10.8. The summed E-state index contributed by atoms with van der Waals surface area (Å²) < 4.78 is 11.9. The second-order valence-corrected chi connectivity index (χ2v) is 8.62. The highest BCUT2D eigenvalue weighted by molar-refractivity contribution is 5.97. The summed E-state index contributed by atoms with van der Waals surface area (Å²) in [6.07, 6.45) is 3.23. The highest BCUT2D eigenvalue weighted by Gasteiger charge is 2.43. The molecule has 6 heteroatoms. The zero-order chi connectivity index (χ0) is 22.0. The molecule has 6 nitrogen and oxygen atoms in total. The van der Waals surface area contributed by atoms with Gasteiger partial charge in [-0.1, -0.05) is 30.3 Å². The number of carbonyl (C=O) groups excluding carboxylic acids is 2. The Morgan fingerprint density at radius 3 is 2.48 bits per heavy atom. The molecule has 164 valence electrons. The molecule has 2 aromatic carbocycles. The lowest BCUT2D eigenvalue weighted by atomic mass is 9.81. The highest BCUT2D eigenvalue weighted by atomic mass is 16.5. The number of amides is 2. The van der Waals surface area contributed by atoms with E-state index in [1.54, 1.807) is 20.1 Å². The van der Waals surface area contributed by atoms with Crippen molar-refractivity contribution in [1.29, 1.82) is 0 Å². The first-order valence-electron chi connectivity index (χ1n) is 10.8. The van der Waals surface area contributed by atoms with Gasteiger partial charge in [-0.15, -0.1) is 0 Å². The number of ether oxygens (including phenoxy) is 2. The third kappa shape index (κ3) is 4.24. The van der Waals surface area contributed by atoms with Gasteiger partial charge in [-0.2, -0.15) is 0 Å². The molecule has 0 aromatic heterocycles. The van der Waals surface area contributed by atoms with Crippen LogP contribution in [0.2, 0.25) is 0 Å².